The third kappa shape index (κ3) is 2.08. The van der Waals surface area contributed by atoms with Crippen LogP contribution in [0.3, 0.4) is 0 Å². The zero-order valence-electron chi connectivity index (χ0n) is 10.9. The van der Waals surface area contributed by atoms with Crippen LogP contribution in [0.2, 0.25) is 0 Å². The Kier molecular flexibility index (Phi) is 4.32. The van der Waals surface area contributed by atoms with Gasteiger partial charge in [-0.05, 0) is 26.7 Å². The van der Waals surface area contributed by atoms with E-state index < -0.39 is 17.4 Å². The molecule has 0 aromatic carbocycles. The fourth-order valence-corrected chi connectivity index (χ4v) is 2.35. The van der Waals surface area contributed by atoms with Gasteiger partial charge in [-0.2, -0.15) is 0 Å². The summed E-state index contributed by atoms with van der Waals surface area (Å²) in [6.07, 6.45) is 3.72. The Balaban J connectivity index is 2.96. The zero-order chi connectivity index (χ0) is 13.1. The van der Waals surface area contributed by atoms with Crippen molar-refractivity contribution in [1.82, 2.24) is 0 Å². The zero-order valence-corrected chi connectivity index (χ0v) is 10.9. The summed E-state index contributed by atoms with van der Waals surface area (Å²) in [4.78, 5) is 24.0. The molecular formula is C13H20O4. The molecule has 1 aliphatic rings. The minimum Gasteiger partial charge on any atom is -0.465 e. The van der Waals surface area contributed by atoms with Crippen molar-refractivity contribution >= 4 is 11.9 Å². The van der Waals surface area contributed by atoms with Crippen molar-refractivity contribution in [3.63, 3.8) is 0 Å². The summed E-state index contributed by atoms with van der Waals surface area (Å²) in [6.45, 7) is 7.75. The summed E-state index contributed by atoms with van der Waals surface area (Å²) in [5.74, 6) is -1.09. The molecule has 0 aromatic rings. The topological polar surface area (TPSA) is 52.6 Å². The Hall–Kier alpha value is -1.32. The second kappa shape index (κ2) is 5.34. The third-order valence-electron chi connectivity index (χ3n) is 3.30. The summed E-state index contributed by atoms with van der Waals surface area (Å²) in [5.41, 5.74) is -1.11. The van der Waals surface area contributed by atoms with Gasteiger partial charge in [-0.1, -0.05) is 19.1 Å². The first kappa shape index (κ1) is 13.7. The average Bonchev–Trinajstić information content (AvgIpc) is 2.86. The number of esters is 2. The van der Waals surface area contributed by atoms with Crippen molar-refractivity contribution in [2.75, 3.05) is 13.2 Å². The first-order valence-corrected chi connectivity index (χ1v) is 6.04. The lowest BCUT2D eigenvalue weighted by Gasteiger charge is -2.14. The number of carbonyl (C=O) groups is 2. The van der Waals surface area contributed by atoms with E-state index in [4.69, 9.17) is 9.47 Å². The summed E-state index contributed by atoms with van der Waals surface area (Å²) < 4.78 is 10.0. The molecule has 0 spiro atoms. The fraction of sp³-hybridized carbons (Fsp3) is 0.692. The van der Waals surface area contributed by atoms with Crippen molar-refractivity contribution in [3.05, 3.63) is 12.2 Å². The number of hydrogen-bond acceptors (Lipinski definition) is 4. The van der Waals surface area contributed by atoms with Crippen molar-refractivity contribution in [2.45, 2.75) is 27.7 Å². The van der Waals surface area contributed by atoms with E-state index in [1.807, 2.05) is 26.0 Å². The van der Waals surface area contributed by atoms with Gasteiger partial charge in [0.05, 0.1) is 13.2 Å². The maximum Gasteiger partial charge on any atom is 0.324 e. The highest BCUT2D eigenvalue weighted by molar-refractivity contribution is 6.05. The highest BCUT2D eigenvalue weighted by Crippen LogP contribution is 2.60. The molecule has 0 aliphatic heterocycles. The molecular weight excluding hydrogens is 220 g/mol. The standard InChI is InChI=1S/C13H20O4/c1-5-8-10-9(4)13(10,11(14)16-6-2)12(15)17-7-3/h5,8-10H,6-7H2,1-4H3/b8-5-/t9-,10-/m1/s1. The van der Waals surface area contributed by atoms with Crippen LogP contribution in [0.15, 0.2) is 12.2 Å². The lowest BCUT2D eigenvalue weighted by molar-refractivity contribution is -0.165. The van der Waals surface area contributed by atoms with Crippen molar-refractivity contribution < 1.29 is 19.1 Å². The van der Waals surface area contributed by atoms with Crippen LogP contribution in [-0.2, 0) is 19.1 Å². The van der Waals surface area contributed by atoms with Crippen LogP contribution in [0, 0.1) is 17.3 Å². The van der Waals surface area contributed by atoms with Crippen molar-refractivity contribution in [2.24, 2.45) is 17.3 Å². The van der Waals surface area contributed by atoms with Gasteiger partial charge in [0.15, 0.2) is 5.41 Å². The minimum atomic E-state index is -1.11. The van der Waals surface area contributed by atoms with Crippen LogP contribution < -0.4 is 0 Å². The largest absolute Gasteiger partial charge is 0.465 e. The van der Waals surface area contributed by atoms with Gasteiger partial charge in [0.1, 0.15) is 0 Å². The molecule has 1 aliphatic carbocycles. The lowest BCUT2D eigenvalue weighted by Crippen LogP contribution is -2.33. The molecule has 4 heteroatoms. The third-order valence-corrected chi connectivity index (χ3v) is 3.30. The molecule has 1 saturated carbocycles. The van der Waals surface area contributed by atoms with Crippen LogP contribution in [0.5, 0.6) is 0 Å². The molecule has 0 saturated heterocycles. The highest BCUT2D eigenvalue weighted by atomic mass is 16.6. The van der Waals surface area contributed by atoms with Crippen LogP contribution in [0.25, 0.3) is 0 Å². The lowest BCUT2D eigenvalue weighted by atomic mass is 10.0. The predicted molar refractivity (Wildman–Crippen MR) is 63.2 cm³/mol. The molecule has 0 radical (unpaired) electrons. The second-order valence-corrected chi connectivity index (χ2v) is 4.15. The minimum absolute atomic E-state index is 0.0585. The van der Waals surface area contributed by atoms with Crippen LogP contribution in [0.4, 0.5) is 0 Å². The van der Waals surface area contributed by atoms with E-state index in [2.05, 4.69) is 0 Å². The summed E-state index contributed by atoms with van der Waals surface area (Å²) >= 11 is 0. The monoisotopic (exact) mass is 240 g/mol. The number of hydrogen-bond donors (Lipinski definition) is 0. The van der Waals surface area contributed by atoms with Crippen LogP contribution >= 0.6 is 0 Å². The van der Waals surface area contributed by atoms with E-state index in [1.54, 1.807) is 13.8 Å². The Morgan fingerprint density at radius 1 is 1.18 bits per heavy atom. The normalized spacial score (nSPS) is 25.6. The molecule has 0 N–H and O–H groups in total. The summed E-state index contributed by atoms with van der Waals surface area (Å²) in [5, 5.41) is 0. The van der Waals surface area contributed by atoms with Gasteiger partial charge in [-0.3, -0.25) is 9.59 Å². The van der Waals surface area contributed by atoms with Gasteiger partial charge in [0, 0.05) is 5.92 Å². The molecule has 0 amide bonds. The fourth-order valence-electron chi connectivity index (χ4n) is 2.35. The van der Waals surface area contributed by atoms with E-state index in [0.717, 1.165) is 0 Å². The van der Waals surface area contributed by atoms with Gasteiger partial charge in [-0.25, -0.2) is 0 Å². The van der Waals surface area contributed by atoms with E-state index in [1.165, 1.54) is 0 Å². The maximum absolute atomic E-state index is 12.0. The van der Waals surface area contributed by atoms with E-state index in [0.29, 0.717) is 0 Å². The SMILES string of the molecule is C/C=C\[C@@H]1[C@@H](C)C1(C(=O)OCC)C(=O)OCC. The molecule has 0 bridgehead atoms. The molecule has 17 heavy (non-hydrogen) atoms. The molecule has 0 heterocycles. The number of carbonyl (C=O) groups excluding carboxylic acids is 2. The molecule has 96 valence electrons. The van der Waals surface area contributed by atoms with Gasteiger partial charge in [-0.15, -0.1) is 0 Å². The maximum atomic E-state index is 12.0. The average molecular weight is 240 g/mol. The Labute approximate surface area is 102 Å². The Morgan fingerprint density at radius 2 is 1.65 bits per heavy atom. The number of ether oxygens (including phenoxy) is 2. The van der Waals surface area contributed by atoms with Crippen LogP contribution in [-0.4, -0.2) is 25.2 Å². The summed E-state index contributed by atoms with van der Waals surface area (Å²) in [6, 6.07) is 0. The van der Waals surface area contributed by atoms with Gasteiger partial charge < -0.3 is 9.47 Å². The van der Waals surface area contributed by atoms with E-state index >= 15 is 0 Å². The quantitative estimate of drug-likeness (QED) is 0.418. The first-order chi connectivity index (χ1) is 8.07. The molecule has 4 nitrogen and oxygen atoms in total. The molecule has 1 rings (SSSR count). The second-order valence-electron chi connectivity index (χ2n) is 4.15. The number of rotatable bonds is 5. The van der Waals surface area contributed by atoms with Crippen molar-refractivity contribution in [1.29, 1.82) is 0 Å². The van der Waals surface area contributed by atoms with Gasteiger partial charge in [0.2, 0.25) is 0 Å². The van der Waals surface area contributed by atoms with E-state index in [9.17, 15) is 9.59 Å². The molecule has 0 unspecified atom stereocenters. The Bertz CT molecular complexity index is 314. The first-order valence-electron chi connectivity index (χ1n) is 6.04. The molecule has 1 fully saturated rings. The van der Waals surface area contributed by atoms with Gasteiger partial charge >= 0.3 is 11.9 Å². The molecule has 0 aromatic heterocycles. The predicted octanol–water partition coefficient (Wildman–Crippen LogP) is 1.94. The molecule has 2 atom stereocenters. The smallest absolute Gasteiger partial charge is 0.324 e. The van der Waals surface area contributed by atoms with Crippen LogP contribution in [0.1, 0.15) is 27.7 Å². The number of allylic oxidation sites excluding steroid dienone is 2. The van der Waals surface area contributed by atoms with Gasteiger partial charge in [0.25, 0.3) is 0 Å². The Morgan fingerprint density at radius 3 is 2.00 bits per heavy atom. The van der Waals surface area contributed by atoms with E-state index in [-0.39, 0.29) is 25.0 Å². The van der Waals surface area contributed by atoms with Crippen molar-refractivity contribution in [3.8, 4) is 0 Å². The summed E-state index contributed by atoms with van der Waals surface area (Å²) in [7, 11) is 0. The highest BCUT2D eigenvalue weighted by Gasteiger charge is 2.73.